The van der Waals surface area contributed by atoms with Crippen LogP contribution in [0.3, 0.4) is 0 Å². The van der Waals surface area contributed by atoms with Crippen molar-refractivity contribution in [1.82, 2.24) is 0 Å². The second-order valence-corrected chi connectivity index (χ2v) is 2.99. The highest BCUT2D eigenvalue weighted by Crippen LogP contribution is 2.12. The lowest BCUT2D eigenvalue weighted by Gasteiger charge is -2.08. The number of nitrogens with one attached hydrogen (secondary N) is 1. The van der Waals surface area contributed by atoms with E-state index < -0.39 is 11.6 Å². The third-order valence-corrected chi connectivity index (χ3v) is 1.55. The van der Waals surface area contributed by atoms with E-state index in [9.17, 15) is 8.78 Å². The summed E-state index contributed by atoms with van der Waals surface area (Å²) >= 11 is 0. The van der Waals surface area contributed by atoms with Gasteiger partial charge in [0, 0.05) is 18.3 Å². The molecule has 1 rings (SSSR count). The van der Waals surface area contributed by atoms with Gasteiger partial charge >= 0.3 is 0 Å². The van der Waals surface area contributed by atoms with E-state index in [0.717, 1.165) is 12.1 Å². The van der Waals surface area contributed by atoms with Crippen LogP contribution in [-0.2, 0) is 0 Å². The Hall–Kier alpha value is -1.16. The Balaban J connectivity index is 2.63. The molecule has 0 aliphatic rings. The monoisotopic (exact) mass is 186 g/mol. The van der Waals surface area contributed by atoms with E-state index in [1.165, 1.54) is 6.07 Å². The van der Waals surface area contributed by atoms with E-state index in [4.69, 9.17) is 5.73 Å². The number of hydrogen-bond acceptors (Lipinski definition) is 2. The normalized spacial score (nSPS) is 12.6. The smallest absolute Gasteiger partial charge is 0.160 e. The van der Waals surface area contributed by atoms with E-state index in [0.29, 0.717) is 12.2 Å². The zero-order chi connectivity index (χ0) is 9.84. The van der Waals surface area contributed by atoms with Gasteiger partial charge in [-0.2, -0.15) is 0 Å². The Kier molecular flexibility index (Phi) is 3.19. The standard InChI is InChI=1S/C9H12F2N2/c1-6(12)5-13-7-2-3-8(10)9(11)4-7/h2-4,6,13H,5,12H2,1H3. The lowest BCUT2D eigenvalue weighted by Crippen LogP contribution is -2.25. The van der Waals surface area contributed by atoms with Crippen LogP contribution in [0.2, 0.25) is 0 Å². The maximum Gasteiger partial charge on any atom is 0.160 e. The fraction of sp³-hybridized carbons (Fsp3) is 0.333. The van der Waals surface area contributed by atoms with Crippen molar-refractivity contribution in [2.45, 2.75) is 13.0 Å². The van der Waals surface area contributed by atoms with Crippen LogP contribution in [0.5, 0.6) is 0 Å². The van der Waals surface area contributed by atoms with Gasteiger partial charge in [-0.05, 0) is 25.1 Å². The van der Waals surface area contributed by atoms with Crippen LogP contribution in [0.25, 0.3) is 0 Å². The first kappa shape index (κ1) is 9.92. The molecular weight excluding hydrogens is 174 g/mol. The van der Waals surface area contributed by atoms with Gasteiger partial charge in [0.25, 0.3) is 0 Å². The molecule has 0 spiro atoms. The SMILES string of the molecule is CC(N)CNc1ccc(F)c(F)c1. The first-order valence-corrected chi connectivity index (χ1v) is 4.04. The number of rotatable bonds is 3. The van der Waals surface area contributed by atoms with Crippen LogP contribution in [0.15, 0.2) is 18.2 Å². The van der Waals surface area contributed by atoms with Gasteiger partial charge in [-0.3, -0.25) is 0 Å². The molecule has 0 aliphatic heterocycles. The molecule has 0 amide bonds. The Bertz CT molecular complexity index is 287. The summed E-state index contributed by atoms with van der Waals surface area (Å²) in [6, 6.07) is 3.64. The molecule has 0 saturated heterocycles. The molecule has 0 heterocycles. The number of anilines is 1. The van der Waals surface area contributed by atoms with Crippen molar-refractivity contribution < 1.29 is 8.78 Å². The Morgan fingerprint density at radius 1 is 1.38 bits per heavy atom. The predicted molar refractivity (Wildman–Crippen MR) is 48.5 cm³/mol. The highest BCUT2D eigenvalue weighted by molar-refractivity contribution is 5.43. The highest BCUT2D eigenvalue weighted by atomic mass is 19.2. The van der Waals surface area contributed by atoms with E-state index in [1.54, 1.807) is 0 Å². The summed E-state index contributed by atoms with van der Waals surface area (Å²) in [5.41, 5.74) is 6.02. The van der Waals surface area contributed by atoms with Crippen molar-refractivity contribution in [2.75, 3.05) is 11.9 Å². The van der Waals surface area contributed by atoms with Crippen LogP contribution in [0.4, 0.5) is 14.5 Å². The van der Waals surface area contributed by atoms with Crippen molar-refractivity contribution in [2.24, 2.45) is 5.73 Å². The summed E-state index contributed by atoms with van der Waals surface area (Å²) in [4.78, 5) is 0. The maximum absolute atomic E-state index is 12.7. The fourth-order valence-electron chi connectivity index (χ4n) is 0.885. The van der Waals surface area contributed by atoms with Crippen molar-refractivity contribution in [3.8, 4) is 0 Å². The Morgan fingerprint density at radius 3 is 2.62 bits per heavy atom. The van der Waals surface area contributed by atoms with Crippen LogP contribution < -0.4 is 11.1 Å². The average Bonchev–Trinajstić information content (AvgIpc) is 2.07. The van der Waals surface area contributed by atoms with Crippen molar-refractivity contribution in [3.05, 3.63) is 29.8 Å². The van der Waals surface area contributed by atoms with Gasteiger partial charge in [-0.1, -0.05) is 0 Å². The van der Waals surface area contributed by atoms with Crippen molar-refractivity contribution in [3.63, 3.8) is 0 Å². The molecule has 0 fully saturated rings. The van der Waals surface area contributed by atoms with Gasteiger partial charge in [-0.25, -0.2) is 8.78 Å². The number of halogens is 2. The molecule has 1 aromatic rings. The second-order valence-electron chi connectivity index (χ2n) is 2.99. The molecule has 0 saturated carbocycles. The molecule has 1 atom stereocenters. The van der Waals surface area contributed by atoms with E-state index >= 15 is 0 Å². The third-order valence-electron chi connectivity index (χ3n) is 1.55. The molecule has 4 heteroatoms. The molecule has 0 radical (unpaired) electrons. The average molecular weight is 186 g/mol. The number of hydrogen-bond donors (Lipinski definition) is 2. The molecule has 13 heavy (non-hydrogen) atoms. The van der Waals surface area contributed by atoms with Crippen LogP contribution in [-0.4, -0.2) is 12.6 Å². The molecular formula is C9H12F2N2. The lowest BCUT2D eigenvalue weighted by molar-refractivity contribution is 0.509. The fourth-order valence-corrected chi connectivity index (χ4v) is 0.885. The zero-order valence-corrected chi connectivity index (χ0v) is 7.35. The summed E-state index contributed by atoms with van der Waals surface area (Å²) in [5.74, 6) is -1.69. The highest BCUT2D eigenvalue weighted by Gasteiger charge is 2.02. The molecule has 3 N–H and O–H groups in total. The molecule has 0 bridgehead atoms. The van der Waals surface area contributed by atoms with E-state index in [-0.39, 0.29) is 6.04 Å². The molecule has 72 valence electrons. The minimum atomic E-state index is -0.852. The predicted octanol–water partition coefficient (Wildman–Crippen LogP) is 1.72. The van der Waals surface area contributed by atoms with Crippen LogP contribution >= 0.6 is 0 Å². The summed E-state index contributed by atoms with van der Waals surface area (Å²) in [6.45, 7) is 2.36. The van der Waals surface area contributed by atoms with Crippen molar-refractivity contribution in [1.29, 1.82) is 0 Å². The Labute approximate surface area is 75.7 Å². The largest absolute Gasteiger partial charge is 0.383 e. The first-order valence-electron chi connectivity index (χ1n) is 4.04. The minimum Gasteiger partial charge on any atom is -0.383 e. The molecule has 1 unspecified atom stereocenters. The van der Waals surface area contributed by atoms with E-state index in [2.05, 4.69) is 5.32 Å². The minimum absolute atomic E-state index is 0.0203. The van der Waals surface area contributed by atoms with E-state index in [1.807, 2.05) is 6.92 Å². The van der Waals surface area contributed by atoms with Gasteiger partial charge in [0.1, 0.15) is 0 Å². The number of benzene rings is 1. The second kappa shape index (κ2) is 4.18. The van der Waals surface area contributed by atoms with Gasteiger partial charge in [0.05, 0.1) is 0 Å². The maximum atomic E-state index is 12.7. The van der Waals surface area contributed by atoms with Gasteiger partial charge < -0.3 is 11.1 Å². The Morgan fingerprint density at radius 2 is 2.08 bits per heavy atom. The quantitative estimate of drug-likeness (QED) is 0.754. The topological polar surface area (TPSA) is 38.0 Å². The summed E-state index contributed by atoms with van der Waals surface area (Å²) in [7, 11) is 0. The van der Waals surface area contributed by atoms with Gasteiger partial charge in [0.2, 0.25) is 0 Å². The van der Waals surface area contributed by atoms with Crippen LogP contribution in [0, 0.1) is 11.6 Å². The molecule has 0 aromatic heterocycles. The molecule has 1 aromatic carbocycles. The molecule has 2 nitrogen and oxygen atoms in total. The lowest BCUT2D eigenvalue weighted by atomic mass is 10.3. The molecule has 0 aliphatic carbocycles. The summed E-state index contributed by atoms with van der Waals surface area (Å²) < 4.78 is 25.1. The first-order chi connectivity index (χ1) is 6.09. The summed E-state index contributed by atoms with van der Waals surface area (Å²) in [5, 5.41) is 2.88. The van der Waals surface area contributed by atoms with Gasteiger partial charge in [0.15, 0.2) is 11.6 Å². The summed E-state index contributed by atoms with van der Waals surface area (Å²) in [6.07, 6.45) is 0. The van der Waals surface area contributed by atoms with Crippen LogP contribution in [0.1, 0.15) is 6.92 Å². The van der Waals surface area contributed by atoms with Crippen molar-refractivity contribution >= 4 is 5.69 Å². The van der Waals surface area contributed by atoms with Gasteiger partial charge in [-0.15, -0.1) is 0 Å². The number of nitrogens with two attached hydrogens (primary N) is 1. The zero-order valence-electron chi connectivity index (χ0n) is 7.35. The third kappa shape index (κ3) is 2.99.